The van der Waals surface area contributed by atoms with Gasteiger partial charge in [-0.3, -0.25) is 4.79 Å². The highest BCUT2D eigenvalue weighted by Gasteiger charge is 2.30. The Bertz CT molecular complexity index is 1270. The summed E-state index contributed by atoms with van der Waals surface area (Å²) in [4.78, 5) is 25.1. The number of fused-ring (bicyclic) bond motifs is 1. The van der Waals surface area contributed by atoms with Gasteiger partial charge in [-0.15, -0.1) is 0 Å². The molecule has 0 atom stereocenters. The van der Waals surface area contributed by atoms with Crippen molar-refractivity contribution in [2.24, 2.45) is 10.9 Å². The predicted molar refractivity (Wildman–Crippen MR) is 130 cm³/mol. The molecular formula is C26H27F3N4O2. The number of piperidine rings is 1. The van der Waals surface area contributed by atoms with Crippen LogP contribution in [0.5, 0.6) is 0 Å². The standard InChI is InChI=1S/C26H27F3N4O2/c1-16(15-30-17(2)33-11-9-18(10-12-33)13-24(34)35)19-3-5-20(6-4-19)25-31-22-8-7-21(26(27,28)29)14-23(22)32-25/h3-8,14-15,18H,9-13H2,1-2H3,(H,31,32)(H,34,35)/b16-15+,30-17?. The lowest BCUT2D eigenvalue weighted by atomic mass is 9.93. The molecule has 0 spiro atoms. The van der Waals surface area contributed by atoms with Gasteiger partial charge in [-0.25, -0.2) is 9.98 Å². The van der Waals surface area contributed by atoms with Crippen molar-refractivity contribution >= 4 is 28.4 Å². The normalized spacial score (nSPS) is 16.2. The van der Waals surface area contributed by atoms with Crippen LogP contribution in [0.3, 0.4) is 0 Å². The molecule has 0 bridgehead atoms. The zero-order valence-corrected chi connectivity index (χ0v) is 19.6. The lowest BCUT2D eigenvalue weighted by Gasteiger charge is -2.32. The molecule has 1 fully saturated rings. The minimum atomic E-state index is -4.40. The summed E-state index contributed by atoms with van der Waals surface area (Å²) in [6, 6.07) is 11.1. The topological polar surface area (TPSA) is 81.6 Å². The van der Waals surface area contributed by atoms with E-state index in [9.17, 15) is 18.0 Å². The second-order valence-electron chi connectivity index (χ2n) is 8.91. The van der Waals surface area contributed by atoms with Crippen molar-refractivity contribution in [2.75, 3.05) is 13.1 Å². The number of nitrogens with one attached hydrogen (secondary N) is 1. The lowest BCUT2D eigenvalue weighted by molar-refractivity contribution is -0.139. The third-order valence-corrected chi connectivity index (χ3v) is 6.40. The van der Waals surface area contributed by atoms with Crippen LogP contribution in [0.2, 0.25) is 0 Å². The molecule has 184 valence electrons. The number of allylic oxidation sites excluding steroid dienone is 1. The van der Waals surface area contributed by atoms with Gasteiger partial charge in [0.25, 0.3) is 0 Å². The van der Waals surface area contributed by atoms with Crippen LogP contribution in [-0.4, -0.2) is 44.9 Å². The van der Waals surface area contributed by atoms with Gasteiger partial charge in [0, 0.05) is 31.3 Å². The lowest BCUT2D eigenvalue weighted by Crippen LogP contribution is -2.37. The number of aromatic amines is 1. The van der Waals surface area contributed by atoms with Crippen LogP contribution in [0.25, 0.3) is 28.0 Å². The maximum atomic E-state index is 13.0. The Morgan fingerprint density at radius 1 is 1.17 bits per heavy atom. The molecule has 2 aromatic carbocycles. The van der Waals surface area contributed by atoms with E-state index in [-0.39, 0.29) is 12.3 Å². The predicted octanol–water partition coefficient (Wildman–Crippen LogP) is 6.21. The molecule has 6 nitrogen and oxygen atoms in total. The Labute approximate surface area is 201 Å². The molecule has 1 aromatic heterocycles. The van der Waals surface area contributed by atoms with E-state index in [0.717, 1.165) is 60.6 Å². The number of halogens is 3. The van der Waals surface area contributed by atoms with Crippen molar-refractivity contribution in [3.05, 3.63) is 59.8 Å². The van der Waals surface area contributed by atoms with Crippen molar-refractivity contribution in [1.29, 1.82) is 0 Å². The highest BCUT2D eigenvalue weighted by molar-refractivity contribution is 5.82. The van der Waals surface area contributed by atoms with Gasteiger partial charge in [0.05, 0.1) is 16.6 Å². The molecule has 35 heavy (non-hydrogen) atoms. The smallest absolute Gasteiger partial charge is 0.416 e. The molecule has 1 aliphatic heterocycles. The second-order valence-corrected chi connectivity index (χ2v) is 8.91. The number of carboxylic acid groups (broad SMARTS) is 1. The molecule has 0 unspecified atom stereocenters. The molecule has 2 N–H and O–H groups in total. The first-order valence-electron chi connectivity index (χ1n) is 11.5. The fraction of sp³-hybridized carbons (Fsp3) is 0.346. The number of rotatable bonds is 5. The van der Waals surface area contributed by atoms with Crippen molar-refractivity contribution in [3.63, 3.8) is 0 Å². The van der Waals surface area contributed by atoms with Crippen molar-refractivity contribution in [2.45, 2.75) is 39.3 Å². The minimum Gasteiger partial charge on any atom is -0.481 e. The monoisotopic (exact) mass is 484 g/mol. The summed E-state index contributed by atoms with van der Waals surface area (Å²) in [6.45, 7) is 5.52. The Morgan fingerprint density at radius 3 is 2.49 bits per heavy atom. The maximum Gasteiger partial charge on any atom is 0.416 e. The molecular weight excluding hydrogens is 457 g/mol. The molecule has 1 aliphatic rings. The van der Waals surface area contributed by atoms with E-state index in [1.807, 2.05) is 44.3 Å². The molecule has 0 amide bonds. The number of alkyl halides is 3. The SMILES string of the molecule is CC(=N/C=C(\C)c1ccc(-c2nc3ccc(C(F)(F)F)cc3[nH]2)cc1)N1CCC(CC(=O)O)CC1. The minimum absolute atomic E-state index is 0.224. The van der Waals surface area contributed by atoms with Crippen molar-refractivity contribution in [1.82, 2.24) is 14.9 Å². The molecule has 0 saturated carbocycles. The van der Waals surface area contributed by atoms with E-state index >= 15 is 0 Å². The molecule has 9 heteroatoms. The van der Waals surface area contributed by atoms with E-state index in [2.05, 4.69) is 19.9 Å². The zero-order chi connectivity index (χ0) is 25.2. The zero-order valence-electron chi connectivity index (χ0n) is 19.6. The first kappa shape index (κ1) is 24.5. The molecule has 3 aromatic rings. The number of benzene rings is 2. The van der Waals surface area contributed by atoms with Gasteiger partial charge in [0.1, 0.15) is 11.7 Å². The summed E-state index contributed by atoms with van der Waals surface area (Å²) in [5.74, 6) is 0.892. The van der Waals surface area contributed by atoms with E-state index in [1.165, 1.54) is 6.07 Å². The van der Waals surface area contributed by atoms with Gasteiger partial charge in [0.2, 0.25) is 0 Å². The fourth-order valence-electron chi connectivity index (χ4n) is 4.27. The number of nitrogens with zero attached hydrogens (tertiary/aromatic N) is 3. The van der Waals surface area contributed by atoms with E-state index in [4.69, 9.17) is 5.11 Å². The summed E-state index contributed by atoms with van der Waals surface area (Å²) in [7, 11) is 0. The number of likely N-dealkylation sites (tertiary alicyclic amines) is 1. The van der Waals surface area contributed by atoms with Crippen LogP contribution in [-0.2, 0) is 11.0 Å². The van der Waals surface area contributed by atoms with Crippen molar-refractivity contribution in [3.8, 4) is 11.4 Å². The quantitative estimate of drug-likeness (QED) is 0.333. The van der Waals surface area contributed by atoms with Gasteiger partial charge in [0.15, 0.2) is 0 Å². The average Bonchev–Trinajstić information content (AvgIpc) is 3.25. The second kappa shape index (κ2) is 9.93. The summed E-state index contributed by atoms with van der Waals surface area (Å²) >= 11 is 0. The van der Waals surface area contributed by atoms with Crippen molar-refractivity contribution < 1.29 is 23.1 Å². The number of amidine groups is 1. The van der Waals surface area contributed by atoms with Crippen LogP contribution in [0.15, 0.2) is 53.7 Å². The van der Waals surface area contributed by atoms with E-state index in [0.29, 0.717) is 16.9 Å². The number of imidazole rings is 1. The maximum absolute atomic E-state index is 13.0. The first-order chi connectivity index (χ1) is 16.6. The number of aromatic nitrogens is 2. The Kier molecular flexibility index (Phi) is 6.95. The van der Waals surface area contributed by atoms with Gasteiger partial charge in [-0.2, -0.15) is 13.2 Å². The molecule has 4 rings (SSSR count). The van der Waals surface area contributed by atoms with Crippen LogP contribution in [0, 0.1) is 5.92 Å². The third kappa shape index (κ3) is 5.90. The van der Waals surface area contributed by atoms with Crippen LogP contribution in [0.1, 0.15) is 44.2 Å². The number of hydrogen-bond acceptors (Lipinski definition) is 3. The summed E-state index contributed by atoms with van der Waals surface area (Å²) in [6.07, 6.45) is -0.664. The fourth-order valence-corrected chi connectivity index (χ4v) is 4.27. The highest BCUT2D eigenvalue weighted by atomic mass is 19.4. The number of carbonyl (C=O) groups is 1. The highest BCUT2D eigenvalue weighted by Crippen LogP contribution is 2.32. The summed E-state index contributed by atoms with van der Waals surface area (Å²) in [5.41, 5.74) is 2.82. The van der Waals surface area contributed by atoms with Gasteiger partial charge >= 0.3 is 12.1 Å². The van der Waals surface area contributed by atoms with Crippen LogP contribution < -0.4 is 0 Å². The number of aliphatic imine (C=N–C) groups is 1. The largest absolute Gasteiger partial charge is 0.481 e. The molecule has 0 aliphatic carbocycles. The van der Waals surface area contributed by atoms with E-state index in [1.54, 1.807) is 0 Å². The number of H-pyrrole nitrogens is 1. The first-order valence-corrected chi connectivity index (χ1v) is 11.5. The molecule has 1 saturated heterocycles. The number of aliphatic carboxylic acids is 1. The summed E-state index contributed by atoms with van der Waals surface area (Å²) < 4.78 is 38.9. The Morgan fingerprint density at radius 2 is 1.86 bits per heavy atom. The van der Waals surface area contributed by atoms with E-state index < -0.39 is 17.7 Å². The van der Waals surface area contributed by atoms with Crippen LogP contribution >= 0.6 is 0 Å². The Balaban J connectivity index is 1.43. The molecule has 2 heterocycles. The Hall–Kier alpha value is -3.62. The average molecular weight is 485 g/mol. The van der Waals surface area contributed by atoms with Gasteiger partial charge in [-0.05, 0) is 61.9 Å². The third-order valence-electron chi connectivity index (χ3n) is 6.40. The summed E-state index contributed by atoms with van der Waals surface area (Å²) in [5, 5.41) is 8.96. The number of hydrogen-bond donors (Lipinski definition) is 2. The van der Waals surface area contributed by atoms with Gasteiger partial charge < -0.3 is 15.0 Å². The molecule has 0 radical (unpaired) electrons. The van der Waals surface area contributed by atoms with Crippen LogP contribution in [0.4, 0.5) is 13.2 Å². The number of carboxylic acids is 1. The van der Waals surface area contributed by atoms with Gasteiger partial charge in [-0.1, -0.05) is 24.3 Å².